The fourth-order valence-electron chi connectivity index (χ4n) is 3.37. The highest BCUT2D eigenvalue weighted by atomic mass is 32.2. The standard InChI is InChI=1S/C21H23F3N2O4S/c1-14-3-8-19(13-15(14)2)31(28,29)26-11-9-16(10-12-26)20(27)25-17-4-6-18(7-5-17)30-21(22,23)24/h3-8,13,16H,9-12H2,1-2H3,(H,25,27). The van der Waals surface area contributed by atoms with Gasteiger partial charge in [0, 0.05) is 24.7 Å². The number of carbonyl (C=O) groups excluding carboxylic acids is 1. The van der Waals surface area contributed by atoms with E-state index in [0.29, 0.717) is 18.5 Å². The second kappa shape index (κ2) is 8.88. The third-order valence-corrected chi connectivity index (χ3v) is 7.19. The molecule has 1 saturated heterocycles. The lowest BCUT2D eigenvalue weighted by atomic mass is 9.97. The zero-order chi connectivity index (χ0) is 22.8. The van der Waals surface area contributed by atoms with Crippen LogP contribution in [0.2, 0.25) is 0 Å². The van der Waals surface area contributed by atoms with Gasteiger partial charge in [0.15, 0.2) is 0 Å². The van der Waals surface area contributed by atoms with Gasteiger partial charge in [0.25, 0.3) is 0 Å². The third-order valence-electron chi connectivity index (χ3n) is 5.30. The van der Waals surface area contributed by atoms with Crippen molar-refractivity contribution in [3.05, 3.63) is 53.6 Å². The van der Waals surface area contributed by atoms with Gasteiger partial charge in [-0.25, -0.2) is 8.42 Å². The number of amides is 1. The van der Waals surface area contributed by atoms with E-state index < -0.39 is 22.3 Å². The molecule has 0 radical (unpaired) electrons. The first-order valence-corrected chi connectivity index (χ1v) is 11.1. The van der Waals surface area contributed by atoms with Gasteiger partial charge >= 0.3 is 6.36 Å². The minimum atomic E-state index is -4.78. The molecule has 1 fully saturated rings. The molecule has 1 heterocycles. The first-order chi connectivity index (χ1) is 14.5. The Morgan fingerprint density at radius 2 is 1.65 bits per heavy atom. The van der Waals surface area contributed by atoms with Crippen LogP contribution in [0.15, 0.2) is 47.4 Å². The zero-order valence-corrected chi connectivity index (χ0v) is 17.9. The SMILES string of the molecule is Cc1ccc(S(=O)(=O)N2CCC(C(=O)Nc3ccc(OC(F)(F)F)cc3)CC2)cc1C. The molecular weight excluding hydrogens is 433 g/mol. The number of carbonyl (C=O) groups is 1. The van der Waals surface area contributed by atoms with Crippen molar-refractivity contribution in [1.29, 1.82) is 0 Å². The number of hydrogen-bond donors (Lipinski definition) is 1. The molecule has 0 spiro atoms. The number of ether oxygens (including phenoxy) is 1. The normalized spacial score (nSPS) is 16.2. The Hall–Kier alpha value is -2.59. The van der Waals surface area contributed by atoms with E-state index in [4.69, 9.17) is 0 Å². The van der Waals surface area contributed by atoms with E-state index in [-0.39, 0.29) is 29.6 Å². The number of rotatable bonds is 5. The molecule has 0 atom stereocenters. The Bertz CT molecular complexity index is 1050. The highest BCUT2D eigenvalue weighted by Gasteiger charge is 2.33. The lowest BCUT2D eigenvalue weighted by Crippen LogP contribution is -2.41. The van der Waals surface area contributed by atoms with Crippen LogP contribution in [0.1, 0.15) is 24.0 Å². The van der Waals surface area contributed by atoms with Crippen LogP contribution in [0, 0.1) is 19.8 Å². The highest BCUT2D eigenvalue weighted by molar-refractivity contribution is 7.89. The quantitative estimate of drug-likeness (QED) is 0.730. The Balaban J connectivity index is 1.57. The predicted molar refractivity (Wildman–Crippen MR) is 109 cm³/mol. The molecule has 3 rings (SSSR count). The molecule has 1 aliphatic rings. The van der Waals surface area contributed by atoms with E-state index in [0.717, 1.165) is 23.3 Å². The summed E-state index contributed by atoms with van der Waals surface area (Å²) in [6, 6.07) is 9.87. The molecular formula is C21H23F3N2O4S. The van der Waals surface area contributed by atoms with Gasteiger partial charge in [0.05, 0.1) is 4.90 Å². The Labute approximate surface area is 179 Å². The summed E-state index contributed by atoms with van der Waals surface area (Å²) in [4.78, 5) is 12.7. The lowest BCUT2D eigenvalue weighted by Gasteiger charge is -2.30. The van der Waals surface area contributed by atoms with Gasteiger partial charge in [-0.1, -0.05) is 6.07 Å². The van der Waals surface area contributed by atoms with Crippen LogP contribution >= 0.6 is 0 Å². The van der Waals surface area contributed by atoms with Gasteiger partial charge in [0.1, 0.15) is 5.75 Å². The van der Waals surface area contributed by atoms with Crippen LogP contribution in [-0.4, -0.2) is 38.1 Å². The Morgan fingerprint density at radius 1 is 1.03 bits per heavy atom. The van der Waals surface area contributed by atoms with Gasteiger partial charge in [0.2, 0.25) is 15.9 Å². The molecule has 1 amide bonds. The summed E-state index contributed by atoms with van der Waals surface area (Å²) in [5.41, 5.74) is 2.24. The number of alkyl halides is 3. The molecule has 2 aromatic rings. The smallest absolute Gasteiger partial charge is 0.406 e. The minimum Gasteiger partial charge on any atom is -0.406 e. The predicted octanol–water partition coefficient (Wildman–Crippen LogP) is 4.24. The van der Waals surface area contributed by atoms with Crippen LogP contribution in [0.3, 0.4) is 0 Å². The van der Waals surface area contributed by atoms with Gasteiger partial charge in [-0.3, -0.25) is 4.79 Å². The molecule has 6 nitrogen and oxygen atoms in total. The Morgan fingerprint density at radius 3 is 2.19 bits per heavy atom. The summed E-state index contributed by atoms with van der Waals surface area (Å²) in [5, 5.41) is 2.66. The molecule has 0 unspecified atom stereocenters. The van der Waals surface area contributed by atoms with Gasteiger partial charge in [-0.15, -0.1) is 13.2 Å². The van der Waals surface area contributed by atoms with E-state index in [1.807, 2.05) is 13.8 Å². The van der Waals surface area contributed by atoms with Crippen LogP contribution in [-0.2, 0) is 14.8 Å². The molecule has 2 aromatic carbocycles. The van der Waals surface area contributed by atoms with Crippen LogP contribution in [0.25, 0.3) is 0 Å². The van der Waals surface area contributed by atoms with Crippen molar-refractivity contribution in [1.82, 2.24) is 4.31 Å². The number of hydrogen-bond acceptors (Lipinski definition) is 4. The van der Waals surface area contributed by atoms with Crippen molar-refractivity contribution in [3.8, 4) is 5.75 Å². The first kappa shape index (κ1) is 23.1. The van der Waals surface area contributed by atoms with Crippen LogP contribution in [0.4, 0.5) is 18.9 Å². The van der Waals surface area contributed by atoms with Crippen molar-refractivity contribution < 1.29 is 31.1 Å². The number of benzene rings is 2. The number of anilines is 1. The number of nitrogens with one attached hydrogen (secondary N) is 1. The molecule has 168 valence electrons. The maximum Gasteiger partial charge on any atom is 0.573 e. The van der Waals surface area contributed by atoms with Gasteiger partial charge in [-0.2, -0.15) is 4.31 Å². The summed E-state index contributed by atoms with van der Waals surface area (Å²) in [6.45, 7) is 4.19. The maximum atomic E-state index is 12.9. The maximum absolute atomic E-state index is 12.9. The third kappa shape index (κ3) is 5.76. The monoisotopic (exact) mass is 456 g/mol. The second-order valence-electron chi connectivity index (χ2n) is 7.49. The molecule has 1 N–H and O–H groups in total. The summed E-state index contributed by atoms with van der Waals surface area (Å²) in [7, 11) is -3.63. The van der Waals surface area contributed by atoms with E-state index in [9.17, 15) is 26.4 Å². The number of sulfonamides is 1. The van der Waals surface area contributed by atoms with Crippen molar-refractivity contribution in [2.75, 3.05) is 18.4 Å². The molecule has 10 heteroatoms. The molecule has 0 bridgehead atoms. The van der Waals surface area contributed by atoms with Crippen LogP contribution in [0.5, 0.6) is 5.75 Å². The number of halogens is 3. The van der Waals surface area contributed by atoms with Crippen molar-refractivity contribution in [2.45, 2.75) is 37.9 Å². The average molecular weight is 456 g/mol. The lowest BCUT2D eigenvalue weighted by molar-refractivity contribution is -0.274. The summed E-state index contributed by atoms with van der Waals surface area (Å²) < 4.78 is 67.6. The van der Waals surface area contributed by atoms with E-state index in [1.165, 1.54) is 16.4 Å². The van der Waals surface area contributed by atoms with Gasteiger partial charge in [-0.05, 0) is 74.2 Å². The van der Waals surface area contributed by atoms with E-state index >= 15 is 0 Å². The van der Waals surface area contributed by atoms with Crippen molar-refractivity contribution in [2.24, 2.45) is 5.92 Å². The molecule has 0 aliphatic carbocycles. The van der Waals surface area contributed by atoms with E-state index in [1.54, 1.807) is 18.2 Å². The summed E-state index contributed by atoms with van der Waals surface area (Å²) in [6.07, 6.45) is -4.08. The fourth-order valence-corrected chi connectivity index (χ4v) is 4.92. The summed E-state index contributed by atoms with van der Waals surface area (Å²) >= 11 is 0. The topological polar surface area (TPSA) is 75.7 Å². The molecule has 1 aliphatic heterocycles. The second-order valence-corrected chi connectivity index (χ2v) is 9.42. The molecule has 31 heavy (non-hydrogen) atoms. The number of aryl methyl sites for hydroxylation is 2. The zero-order valence-electron chi connectivity index (χ0n) is 17.1. The largest absolute Gasteiger partial charge is 0.573 e. The minimum absolute atomic E-state index is 0.214. The Kier molecular flexibility index (Phi) is 6.61. The molecule has 0 saturated carbocycles. The van der Waals surface area contributed by atoms with E-state index in [2.05, 4.69) is 10.1 Å². The number of nitrogens with zero attached hydrogens (tertiary/aromatic N) is 1. The highest BCUT2D eigenvalue weighted by Crippen LogP contribution is 2.27. The first-order valence-electron chi connectivity index (χ1n) is 9.70. The van der Waals surface area contributed by atoms with Crippen molar-refractivity contribution in [3.63, 3.8) is 0 Å². The summed E-state index contributed by atoms with van der Waals surface area (Å²) in [5.74, 6) is -1.07. The number of piperidine rings is 1. The average Bonchev–Trinajstić information content (AvgIpc) is 2.70. The fraction of sp³-hybridized carbons (Fsp3) is 0.381. The molecule has 0 aromatic heterocycles. The van der Waals surface area contributed by atoms with Gasteiger partial charge < -0.3 is 10.1 Å². The van der Waals surface area contributed by atoms with Crippen LogP contribution < -0.4 is 10.1 Å². The van der Waals surface area contributed by atoms with Crippen molar-refractivity contribution >= 4 is 21.6 Å².